The average Bonchev–Trinajstić information content (AvgIpc) is 3.31. The van der Waals surface area contributed by atoms with Gasteiger partial charge in [-0.3, -0.25) is 0 Å². The molecule has 0 bridgehead atoms. The third-order valence-electron chi connectivity index (χ3n) is 11.9. The fourth-order valence-electron chi connectivity index (χ4n) is 7.37. The van der Waals surface area contributed by atoms with Gasteiger partial charge >= 0.3 is 0 Å². The van der Waals surface area contributed by atoms with Gasteiger partial charge in [0.05, 0.1) is 6.10 Å². The molecule has 7 nitrogen and oxygen atoms in total. The molecule has 1 aliphatic rings. The Balaban J connectivity index is 1.23. The number of ether oxygens (including phenoxy) is 6. The molecule has 0 spiro atoms. The van der Waals surface area contributed by atoms with E-state index < -0.39 is 14.4 Å². The van der Waals surface area contributed by atoms with E-state index in [9.17, 15) is 0 Å². The lowest BCUT2D eigenvalue weighted by atomic mass is 9.93. The first-order valence-corrected chi connectivity index (χ1v) is 25.0. The van der Waals surface area contributed by atoms with Crippen LogP contribution in [0.3, 0.4) is 0 Å². The summed E-state index contributed by atoms with van der Waals surface area (Å²) in [5, 5.41) is -0.0668. The van der Waals surface area contributed by atoms with Gasteiger partial charge in [0.25, 0.3) is 0 Å². The number of hydrogen-bond acceptors (Lipinski definition) is 7. The molecular formula is C56H58O7Si. The van der Waals surface area contributed by atoms with Gasteiger partial charge < -0.3 is 32.8 Å². The lowest BCUT2D eigenvalue weighted by Crippen LogP contribution is -2.47. The number of rotatable bonds is 18. The van der Waals surface area contributed by atoms with E-state index in [2.05, 4.69) is 94.5 Å². The van der Waals surface area contributed by atoms with Gasteiger partial charge in [-0.15, -0.1) is 0 Å². The molecule has 7 aromatic rings. The van der Waals surface area contributed by atoms with Crippen LogP contribution in [-0.4, -0.2) is 14.4 Å². The van der Waals surface area contributed by atoms with Crippen molar-refractivity contribution in [3.8, 4) is 34.5 Å². The van der Waals surface area contributed by atoms with Gasteiger partial charge in [-0.1, -0.05) is 172 Å². The Bertz CT molecular complexity index is 2480. The topological polar surface area (TPSA) is 64.6 Å². The summed E-state index contributed by atoms with van der Waals surface area (Å²) in [4.78, 5) is 0. The summed E-state index contributed by atoms with van der Waals surface area (Å²) in [5.41, 5.74) is 7.00. The predicted molar refractivity (Wildman–Crippen MR) is 256 cm³/mol. The van der Waals surface area contributed by atoms with Crippen LogP contribution in [0.15, 0.2) is 176 Å². The molecule has 8 heteroatoms. The molecule has 0 N–H and O–H groups in total. The Morgan fingerprint density at radius 2 is 0.875 bits per heavy atom. The second-order valence-electron chi connectivity index (χ2n) is 17.8. The molecule has 8 rings (SSSR count). The molecule has 0 fully saturated rings. The van der Waals surface area contributed by atoms with Gasteiger partial charge in [-0.2, -0.15) is 0 Å². The SMILES string of the molecule is CC(C)(C)[Si](C)(C)O[C@@H]1Cc2c(OCc3ccccc3)cc(OCc3ccccc3)cc2O[C@H]1c1cc(OCc2ccccc2)c(OCc2ccccc2)c(OCc2ccccc2)c1. The monoisotopic (exact) mass is 870 g/mol. The average molecular weight is 871 g/mol. The summed E-state index contributed by atoms with van der Waals surface area (Å²) in [7, 11) is -2.38. The zero-order valence-corrected chi connectivity index (χ0v) is 38.5. The summed E-state index contributed by atoms with van der Waals surface area (Å²) in [6, 6.07) is 58.8. The minimum Gasteiger partial charge on any atom is -0.489 e. The first-order valence-electron chi connectivity index (χ1n) is 22.1. The quantitative estimate of drug-likeness (QED) is 0.0796. The molecule has 1 heterocycles. The molecule has 0 aliphatic carbocycles. The van der Waals surface area contributed by atoms with Crippen LogP contribution in [0, 0.1) is 0 Å². The normalized spacial score (nSPS) is 14.8. The Labute approximate surface area is 379 Å². The number of hydrogen-bond donors (Lipinski definition) is 0. The van der Waals surface area contributed by atoms with Gasteiger partial charge in [-0.25, -0.2) is 0 Å². The van der Waals surface area contributed by atoms with Crippen LogP contribution in [0.1, 0.15) is 65.8 Å². The summed E-state index contributed by atoms with van der Waals surface area (Å²) in [6.07, 6.45) is -0.402. The van der Waals surface area contributed by atoms with Gasteiger partial charge in [0.2, 0.25) is 5.75 Å². The molecular weight excluding hydrogens is 813 g/mol. The van der Waals surface area contributed by atoms with Crippen molar-refractivity contribution in [1.29, 1.82) is 0 Å². The van der Waals surface area contributed by atoms with Crippen molar-refractivity contribution in [3.05, 3.63) is 215 Å². The standard InChI is InChI=1S/C56H58O7Si/c1-56(2,3)64(4,5)63-53-35-48-49(58-37-42-23-13-7-14-24-42)33-47(57-36-41-21-11-6-12-22-41)34-50(48)62-54(53)46-31-51(59-38-43-25-15-8-16-26-43)55(61-40-45-29-19-10-20-30-45)52(32-46)60-39-44-27-17-9-18-28-44/h6-34,53-54H,35-40H2,1-5H3/t53-,54+/m1/s1. The van der Waals surface area contributed by atoms with E-state index in [-0.39, 0.29) is 11.1 Å². The molecule has 0 saturated heterocycles. The Morgan fingerprint density at radius 3 is 1.30 bits per heavy atom. The highest BCUT2D eigenvalue weighted by Crippen LogP contribution is 2.49. The Hall–Kier alpha value is -6.48. The summed E-state index contributed by atoms with van der Waals surface area (Å²) in [5.74, 6) is 3.65. The van der Waals surface area contributed by atoms with Crippen molar-refractivity contribution in [2.45, 2.75) is 90.6 Å². The lowest BCUT2D eigenvalue weighted by Gasteiger charge is -2.43. The van der Waals surface area contributed by atoms with Crippen LogP contribution < -0.4 is 28.4 Å². The molecule has 1 aliphatic heterocycles. The van der Waals surface area contributed by atoms with Crippen LogP contribution in [0.25, 0.3) is 0 Å². The molecule has 0 amide bonds. The molecule has 328 valence electrons. The van der Waals surface area contributed by atoms with Crippen molar-refractivity contribution in [3.63, 3.8) is 0 Å². The molecule has 64 heavy (non-hydrogen) atoms. The van der Waals surface area contributed by atoms with Gasteiger partial charge in [0.15, 0.2) is 19.8 Å². The molecule has 0 aromatic heterocycles. The number of benzene rings is 7. The maximum atomic E-state index is 7.41. The summed E-state index contributed by atoms with van der Waals surface area (Å²) in [6.45, 7) is 13.1. The second kappa shape index (κ2) is 20.4. The third-order valence-corrected chi connectivity index (χ3v) is 16.5. The van der Waals surface area contributed by atoms with E-state index in [1.165, 1.54) is 0 Å². The minimum absolute atomic E-state index is 0.0668. The fraction of sp³-hybridized carbons (Fsp3) is 0.250. The van der Waals surface area contributed by atoms with Crippen LogP contribution in [0.2, 0.25) is 18.1 Å². The van der Waals surface area contributed by atoms with Crippen molar-refractivity contribution >= 4 is 8.32 Å². The smallest absolute Gasteiger partial charge is 0.203 e. The highest BCUT2D eigenvalue weighted by molar-refractivity contribution is 6.74. The van der Waals surface area contributed by atoms with Crippen molar-refractivity contribution in [1.82, 2.24) is 0 Å². The van der Waals surface area contributed by atoms with Crippen LogP contribution in [0.5, 0.6) is 34.5 Å². The lowest BCUT2D eigenvalue weighted by molar-refractivity contribution is 0.0269. The zero-order chi connectivity index (χ0) is 44.4. The predicted octanol–water partition coefficient (Wildman–Crippen LogP) is 13.6. The summed E-state index contributed by atoms with van der Waals surface area (Å²) >= 11 is 0. The van der Waals surface area contributed by atoms with Gasteiger partial charge in [0, 0.05) is 29.7 Å². The van der Waals surface area contributed by atoms with Crippen molar-refractivity contribution in [2.75, 3.05) is 0 Å². The van der Waals surface area contributed by atoms with Crippen molar-refractivity contribution in [2.24, 2.45) is 0 Å². The molecule has 2 atom stereocenters. The van der Waals surface area contributed by atoms with Crippen molar-refractivity contribution < 1.29 is 32.8 Å². The van der Waals surface area contributed by atoms with E-state index in [4.69, 9.17) is 32.8 Å². The second-order valence-corrected chi connectivity index (χ2v) is 22.5. The Morgan fingerprint density at radius 1 is 0.484 bits per heavy atom. The largest absolute Gasteiger partial charge is 0.489 e. The first kappa shape index (κ1) is 44.1. The van der Waals surface area contributed by atoms with E-state index in [0.29, 0.717) is 74.0 Å². The first-order chi connectivity index (χ1) is 31.1. The molecule has 0 radical (unpaired) electrons. The highest BCUT2D eigenvalue weighted by atomic mass is 28.4. The van der Waals surface area contributed by atoms with Gasteiger partial charge in [0.1, 0.15) is 56.4 Å². The maximum Gasteiger partial charge on any atom is 0.203 e. The highest BCUT2D eigenvalue weighted by Gasteiger charge is 2.44. The third kappa shape index (κ3) is 11.4. The molecule has 0 unspecified atom stereocenters. The number of fused-ring (bicyclic) bond motifs is 1. The van der Waals surface area contributed by atoms with E-state index in [0.717, 1.165) is 38.9 Å². The molecule has 0 saturated carbocycles. The fourth-order valence-corrected chi connectivity index (χ4v) is 8.69. The minimum atomic E-state index is -2.38. The van der Waals surface area contributed by atoms with Crippen LogP contribution in [-0.2, 0) is 43.9 Å². The summed E-state index contributed by atoms with van der Waals surface area (Å²) < 4.78 is 48.0. The van der Waals surface area contributed by atoms with Crippen LogP contribution >= 0.6 is 0 Å². The van der Waals surface area contributed by atoms with Crippen LogP contribution in [0.4, 0.5) is 0 Å². The van der Waals surface area contributed by atoms with E-state index in [1.54, 1.807) is 0 Å². The molecule has 7 aromatic carbocycles. The Kier molecular flexibility index (Phi) is 14.0. The maximum absolute atomic E-state index is 7.41. The zero-order valence-electron chi connectivity index (χ0n) is 37.5. The van der Waals surface area contributed by atoms with E-state index >= 15 is 0 Å². The van der Waals surface area contributed by atoms with Gasteiger partial charge in [-0.05, 0) is 58.1 Å². The van der Waals surface area contributed by atoms with E-state index in [1.807, 2.05) is 115 Å².